The molecular formula is C18H35N5O6S2Si2. The highest BCUT2D eigenvalue weighted by atomic mass is 32.2. The first-order chi connectivity index (χ1) is 14.7. The van der Waals surface area contributed by atoms with Crippen LogP contribution in [0.3, 0.4) is 0 Å². The maximum Gasteiger partial charge on any atom is 0.306 e. The van der Waals surface area contributed by atoms with Gasteiger partial charge in [0.15, 0.2) is 9.84 Å². The van der Waals surface area contributed by atoms with Gasteiger partial charge in [-0.2, -0.15) is 10.2 Å². The van der Waals surface area contributed by atoms with Gasteiger partial charge in [-0.25, -0.2) is 22.0 Å². The smallest absolute Gasteiger partial charge is 0.306 e. The number of hydrogen-bond acceptors (Lipinski definition) is 8. The largest absolute Gasteiger partial charge is 0.469 e. The molecule has 0 saturated heterocycles. The van der Waals surface area contributed by atoms with Crippen LogP contribution < -0.4 is 15.8 Å². The number of hydrogen-bond donors (Lipinski definition) is 1. The van der Waals surface area contributed by atoms with Crippen LogP contribution in [0, 0.1) is 0 Å². The fraction of sp³-hybridized carbons (Fsp3) is 0.611. The number of carbonyl (C=O) groups excluding carboxylic acids is 1. The second-order valence-corrected chi connectivity index (χ2v) is 23.3. The molecule has 0 bridgehead atoms. The van der Waals surface area contributed by atoms with Gasteiger partial charge < -0.3 is 4.74 Å². The number of aromatic nitrogens is 4. The molecule has 0 unspecified atom stereocenters. The molecule has 188 valence electrons. The minimum Gasteiger partial charge on any atom is -0.469 e. The summed E-state index contributed by atoms with van der Waals surface area (Å²) in [6.07, 6.45) is 2.84. The van der Waals surface area contributed by atoms with Crippen LogP contribution in [0.1, 0.15) is 6.42 Å². The maximum atomic E-state index is 12.3. The number of primary sulfonamides is 1. The van der Waals surface area contributed by atoms with Crippen LogP contribution in [0.4, 0.5) is 0 Å². The molecule has 0 aliphatic heterocycles. The Morgan fingerprint density at radius 3 is 1.64 bits per heavy atom. The van der Waals surface area contributed by atoms with Gasteiger partial charge in [-0.05, 0) is 0 Å². The molecule has 2 rings (SSSR count). The zero-order chi connectivity index (χ0) is 26.0. The molecule has 0 amide bonds. The summed E-state index contributed by atoms with van der Waals surface area (Å²) in [5, 5.41) is 14.8. The normalized spacial score (nSPS) is 12.8. The monoisotopic (exact) mass is 537 g/mol. The van der Waals surface area contributed by atoms with Crippen LogP contribution in [0.25, 0.3) is 0 Å². The molecule has 11 nitrogen and oxygen atoms in total. The molecule has 2 aromatic rings. The molecule has 2 heterocycles. The molecule has 0 atom stereocenters. The molecule has 33 heavy (non-hydrogen) atoms. The highest BCUT2D eigenvalue weighted by Crippen LogP contribution is 2.14. The van der Waals surface area contributed by atoms with Crippen LogP contribution >= 0.6 is 0 Å². The Morgan fingerprint density at radius 1 is 0.909 bits per heavy atom. The van der Waals surface area contributed by atoms with E-state index in [-0.39, 0.29) is 22.0 Å². The summed E-state index contributed by atoms with van der Waals surface area (Å²) >= 11 is 0. The van der Waals surface area contributed by atoms with Crippen LogP contribution in [-0.2, 0) is 43.5 Å². The number of sulfone groups is 1. The van der Waals surface area contributed by atoms with Crippen molar-refractivity contribution in [2.24, 2.45) is 19.2 Å². The van der Waals surface area contributed by atoms with Crippen molar-refractivity contribution < 1.29 is 26.4 Å². The van der Waals surface area contributed by atoms with Gasteiger partial charge in [-0.1, -0.05) is 39.3 Å². The van der Waals surface area contributed by atoms with Crippen LogP contribution in [-0.4, -0.2) is 71.4 Å². The Labute approximate surface area is 198 Å². The Morgan fingerprint density at radius 2 is 1.30 bits per heavy atom. The highest BCUT2D eigenvalue weighted by Gasteiger charge is 2.31. The molecule has 0 saturated carbocycles. The fourth-order valence-corrected chi connectivity index (χ4v) is 10.0. The van der Waals surface area contributed by atoms with Crippen molar-refractivity contribution in [3.8, 4) is 0 Å². The molecule has 0 radical (unpaired) electrons. The number of aryl methyl sites for hydroxylation is 2. The van der Waals surface area contributed by atoms with Gasteiger partial charge in [-0.3, -0.25) is 14.2 Å². The van der Waals surface area contributed by atoms with E-state index < -0.39 is 42.0 Å². The zero-order valence-electron chi connectivity index (χ0n) is 20.7. The summed E-state index contributed by atoms with van der Waals surface area (Å²) in [5.41, 5.74) is 0. The van der Waals surface area contributed by atoms with Crippen molar-refractivity contribution in [3.05, 3.63) is 12.4 Å². The molecule has 0 fully saturated rings. The Hall–Kier alpha value is -1.82. The first-order valence-corrected chi connectivity index (χ1v) is 20.3. The lowest BCUT2D eigenvalue weighted by Crippen LogP contribution is -2.42. The third-order valence-electron chi connectivity index (χ3n) is 4.46. The van der Waals surface area contributed by atoms with E-state index in [1.807, 2.05) is 39.3 Å². The van der Waals surface area contributed by atoms with Crippen molar-refractivity contribution in [1.82, 2.24) is 19.6 Å². The van der Waals surface area contributed by atoms with Gasteiger partial charge in [0.25, 0.3) is 0 Å². The lowest BCUT2D eigenvalue weighted by molar-refractivity contribution is -0.140. The second kappa shape index (κ2) is 10.2. The third-order valence-corrected chi connectivity index (χ3v) is 11.0. The molecule has 2 N–H and O–H groups in total. The van der Waals surface area contributed by atoms with E-state index in [1.54, 1.807) is 14.1 Å². The van der Waals surface area contributed by atoms with Crippen LogP contribution in [0.2, 0.25) is 39.3 Å². The van der Waals surface area contributed by atoms with Crippen LogP contribution in [0.15, 0.2) is 22.2 Å². The Bertz CT molecular complexity index is 1210. The number of sulfonamides is 1. The molecular weight excluding hydrogens is 503 g/mol. The average Bonchev–Trinajstić information content (AvgIpc) is 3.23. The lowest BCUT2D eigenvalue weighted by atomic mass is 10.5. The summed E-state index contributed by atoms with van der Waals surface area (Å²) in [5.74, 6) is -0.773. The molecule has 15 heteroatoms. The second-order valence-electron chi connectivity index (χ2n) is 9.72. The summed E-state index contributed by atoms with van der Waals surface area (Å²) < 4.78 is 54.6. The molecule has 0 aliphatic rings. The molecule has 0 aromatic carbocycles. The minimum atomic E-state index is -3.64. The van der Waals surface area contributed by atoms with E-state index in [2.05, 4.69) is 14.9 Å². The standard InChI is InChI=1S/C11H20N2O4SSi.C7H15N3O2SSi/c1-13-8-9(11(12-13)19(3,4)5)18(15,16)7-6-10(14)17-2;1-10-5-6(13(8,11)12)7(9-10)14(2,3)4/h8H,6-7H2,1-5H3;5H,1-4H3,(H2,8,11,12). The lowest BCUT2D eigenvalue weighted by Gasteiger charge is -2.14. The SMILES string of the molecule is COC(=O)CCS(=O)(=O)c1cn(C)nc1[Si](C)(C)C.Cn1cc(S(N)(=O)=O)c([Si](C)(C)C)n1. The van der Waals surface area contributed by atoms with Gasteiger partial charge in [0.1, 0.15) is 25.9 Å². The van der Waals surface area contributed by atoms with Crippen molar-refractivity contribution in [3.63, 3.8) is 0 Å². The van der Waals surface area contributed by atoms with E-state index in [1.165, 1.54) is 28.9 Å². The number of ether oxygens (including phenoxy) is 1. The number of nitrogens with two attached hydrogens (primary N) is 1. The third kappa shape index (κ3) is 8.17. The van der Waals surface area contributed by atoms with E-state index in [0.717, 1.165) is 0 Å². The number of methoxy groups -OCH3 is 1. The Kier molecular flexibility index (Phi) is 9.04. The Balaban J connectivity index is 0.000000346. The first-order valence-electron chi connectivity index (χ1n) is 10.1. The van der Waals surface area contributed by atoms with Crippen molar-refractivity contribution in [1.29, 1.82) is 0 Å². The first kappa shape index (κ1) is 29.2. The van der Waals surface area contributed by atoms with Crippen molar-refractivity contribution in [2.75, 3.05) is 12.9 Å². The van der Waals surface area contributed by atoms with Crippen molar-refractivity contribution >= 4 is 52.6 Å². The molecule has 2 aromatic heterocycles. The number of carbonyl (C=O) groups is 1. The highest BCUT2D eigenvalue weighted by molar-refractivity contribution is 7.91. The topological polar surface area (TPSA) is 156 Å². The molecule has 0 aliphatic carbocycles. The average molecular weight is 538 g/mol. The van der Waals surface area contributed by atoms with Gasteiger partial charge in [0, 0.05) is 26.5 Å². The van der Waals surface area contributed by atoms with Gasteiger partial charge >= 0.3 is 5.97 Å². The van der Waals surface area contributed by atoms with Gasteiger partial charge in [0.05, 0.1) is 29.9 Å². The predicted molar refractivity (Wildman–Crippen MR) is 132 cm³/mol. The van der Waals surface area contributed by atoms with Gasteiger partial charge in [0.2, 0.25) is 10.0 Å². The summed E-state index contributed by atoms with van der Waals surface area (Å²) in [6.45, 7) is 12.2. The summed E-state index contributed by atoms with van der Waals surface area (Å²) in [7, 11) is -6.14. The van der Waals surface area contributed by atoms with Crippen molar-refractivity contribution in [2.45, 2.75) is 55.5 Å². The number of nitrogens with zero attached hydrogens (tertiary/aromatic N) is 4. The van der Waals surface area contributed by atoms with E-state index in [4.69, 9.17) is 5.14 Å². The minimum absolute atomic E-state index is 0.140. The quantitative estimate of drug-likeness (QED) is 0.379. The maximum absolute atomic E-state index is 12.3. The van der Waals surface area contributed by atoms with Gasteiger partial charge in [-0.15, -0.1) is 0 Å². The zero-order valence-corrected chi connectivity index (χ0v) is 24.3. The summed E-state index contributed by atoms with van der Waals surface area (Å²) in [4.78, 5) is 11.5. The summed E-state index contributed by atoms with van der Waals surface area (Å²) in [6, 6.07) is 0. The molecule has 0 spiro atoms. The number of esters is 1. The predicted octanol–water partition coefficient (Wildman–Crippen LogP) is -0.0852. The fourth-order valence-electron chi connectivity index (χ4n) is 2.84. The number of rotatable bonds is 7. The van der Waals surface area contributed by atoms with E-state index in [0.29, 0.717) is 10.6 Å². The van der Waals surface area contributed by atoms with E-state index >= 15 is 0 Å². The van der Waals surface area contributed by atoms with Crippen LogP contribution in [0.5, 0.6) is 0 Å². The van der Waals surface area contributed by atoms with E-state index in [9.17, 15) is 21.6 Å².